The SMILES string of the molecule is C=CCP(=O)(CC=C)[C@@H](CC(=O)c1ccccc1)c1ccco1. The molecule has 0 aliphatic heterocycles. The molecule has 0 spiro atoms. The minimum atomic E-state index is -2.74. The Bertz CT molecular complexity index is 687. The van der Waals surface area contributed by atoms with E-state index >= 15 is 0 Å². The third kappa shape index (κ3) is 4.20. The fourth-order valence-electron chi connectivity index (χ4n) is 2.66. The number of Topliss-reactive ketones (excluding diaryl/α,β-unsaturated/α-hetero) is 1. The van der Waals surface area contributed by atoms with Gasteiger partial charge in [0.05, 0.1) is 11.9 Å². The van der Waals surface area contributed by atoms with Crippen molar-refractivity contribution in [3.8, 4) is 0 Å². The second-order valence-corrected chi connectivity index (χ2v) is 8.68. The lowest BCUT2D eigenvalue weighted by molar-refractivity contribution is 0.0978. The molecule has 0 saturated heterocycles. The number of hydrogen-bond acceptors (Lipinski definition) is 3. The molecule has 2 rings (SSSR count). The van der Waals surface area contributed by atoms with Gasteiger partial charge >= 0.3 is 0 Å². The van der Waals surface area contributed by atoms with Crippen molar-refractivity contribution < 1.29 is 13.8 Å². The highest BCUT2D eigenvalue weighted by atomic mass is 31.2. The van der Waals surface area contributed by atoms with Gasteiger partial charge in [-0.15, -0.1) is 13.2 Å². The lowest BCUT2D eigenvalue weighted by Crippen LogP contribution is -2.11. The van der Waals surface area contributed by atoms with E-state index in [4.69, 9.17) is 4.42 Å². The van der Waals surface area contributed by atoms with Crippen molar-refractivity contribution in [2.24, 2.45) is 0 Å². The normalized spacial score (nSPS) is 12.5. The van der Waals surface area contributed by atoms with Crippen LogP contribution in [-0.4, -0.2) is 18.1 Å². The van der Waals surface area contributed by atoms with Crippen LogP contribution in [0.5, 0.6) is 0 Å². The highest BCUT2D eigenvalue weighted by molar-refractivity contribution is 7.64. The van der Waals surface area contributed by atoms with Crippen molar-refractivity contribution in [3.63, 3.8) is 0 Å². The van der Waals surface area contributed by atoms with Crippen LogP contribution in [0.25, 0.3) is 0 Å². The Morgan fingerprint density at radius 3 is 2.26 bits per heavy atom. The van der Waals surface area contributed by atoms with Gasteiger partial charge in [-0.25, -0.2) is 0 Å². The van der Waals surface area contributed by atoms with Crippen LogP contribution >= 0.6 is 7.14 Å². The lowest BCUT2D eigenvalue weighted by Gasteiger charge is -2.24. The molecule has 120 valence electrons. The van der Waals surface area contributed by atoms with Gasteiger partial charge in [0, 0.05) is 24.3 Å². The molecule has 0 amide bonds. The van der Waals surface area contributed by atoms with Gasteiger partial charge in [0.1, 0.15) is 12.9 Å². The smallest absolute Gasteiger partial charge is 0.164 e. The van der Waals surface area contributed by atoms with Crippen molar-refractivity contribution in [2.75, 3.05) is 12.3 Å². The molecule has 0 unspecified atom stereocenters. The van der Waals surface area contributed by atoms with Crippen molar-refractivity contribution in [1.29, 1.82) is 0 Å². The molecule has 0 aliphatic carbocycles. The first-order valence-corrected chi connectivity index (χ1v) is 9.66. The predicted molar refractivity (Wildman–Crippen MR) is 94.6 cm³/mol. The van der Waals surface area contributed by atoms with Gasteiger partial charge in [0.25, 0.3) is 0 Å². The van der Waals surface area contributed by atoms with Gasteiger partial charge in [0.15, 0.2) is 5.78 Å². The topological polar surface area (TPSA) is 47.3 Å². The number of rotatable bonds is 9. The summed E-state index contributed by atoms with van der Waals surface area (Å²) in [6, 6.07) is 12.6. The van der Waals surface area contributed by atoms with Gasteiger partial charge in [-0.3, -0.25) is 4.79 Å². The largest absolute Gasteiger partial charge is 0.469 e. The zero-order chi connectivity index (χ0) is 16.7. The molecule has 0 N–H and O–H groups in total. The number of benzene rings is 1. The number of carbonyl (C=O) groups is 1. The highest BCUT2D eigenvalue weighted by Gasteiger charge is 2.35. The Balaban J connectivity index is 2.35. The highest BCUT2D eigenvalue weighted by Crippen LogP contribution is 2.61. The van der Waals surface area contributed by atoms with E-state index in [9.17, 15) is 9.36 Å². The van der Waals surface area contributed by atoms with E-state index in [0.29, 0.717) is 23.6 Å². The summed E-state index contributed by atoms with van der Waals surface area (Å²) in [5.41, 5.74) is 0.161. The number of hydrogen-bond donors (Lipinski definition) is 0. The summed E-state index contributed by atoms with van der Waals surface area (Å²) in [5, 5.41) is 0. The van der Waals surface area contributed by atoms with E-state index in [-0.39, 0.29) is 12.2 Å². The summed E-state index contributed by atoms with van der Waals surface area (Å²) in [6.07, 6.45) is 5.69. The molecule has 1 heterocycles. The first kappa shape index (κ1) is 17.2. The van der Waals surface area contributed by atoms with Crippen molar-refractivity contribution in [2.45, 2.75) is 12.1 Å². The first-order valence-electron chi connectivity index (χ1n) is 7.52. The Morgan fingerprint density at radius 1 is 1.09 bits per heavy atom. The summed E-state index contributed by atoms with van der Waals surface area (Å²) < 4.78 is 18.9. The molecule has 2 aromatic rings. The molecule has 1 atom stereocenters. The Labute approximate surface area is 137 Å². The monoisotopic (exact) mass is 328 g/mol. The maximum atomic E-state index is 13.4. The minimum Gasteiger partial charge on any atom is -0.469 e. The Hall–Kier alpha value is -2.12. The summed E-state index contributed by atoms with van der Waals surface area (Å²) in [6.45, 7) is 7.41. The molecule has 1 aromatic carbocycles. The molecule has 0 saturated carbocycles. The van der Waals surface area contributed by atoms with Crippen LogP contribution in [0.2, 0.25) is 0 Å². The van der Waals surface area contributed by atoms with Crippen molar-refractivity contribution in [1.82, 2.24) is 0 Å². The van der Waals surface area contributed by atoms with E-state index < -0.39 is 12.8 Å². The second kappa shape index (κ2) is 7.94. The molecule has 0 aliphatic rings. The van der Waals surface area contributed by atoms with E-state index in [1.54, 1.807) is 42.7 Å². The average molecular weight is 328 g/mol. The maximum Gasteiger partial charge on any atom is 0.164 e. The molecular weight excluding hydrogens is 307 g/mol. The predicted octanol–water partition coefficient (Wildman–Crippen LogP) is 5.33. The Morgan fingerprint density at radius 2 is 1.74 bits per heavy atom. The summed E-state index contributed by atoms with van der Waals surface area (Å²) in [4.78, 5) is 12.6. The molecule has 4 heteroatoms. The third-order valence-electron chi connectivity index (χ3n) is 3.79. The fraction of sp³-hybridized carbons (Fsp3) is 0.211. The van der Waals surface area contributed by atoms with Crippen LogP contribution in [0.15, 0.2) is 78.5 Å². The molecule has 3 nitrogen and oxygen atoms in total. The standard InChI is InChI=1S/C19H21O3P/c1-3-13-23(21,14-4-2)19(18-11-8-12-22-18)15-17(20)16-9-6-5-7-10-16/h3-12,19H,1-2,13-15H2/t19-/m0/s1. The summed E-state index contributed by atoms with van der Waals surface area (Å²) >= 11 is 0. The van der Waals surface area contributed by atoms with Crippen LogP contribution in [0.4, 0.5) is 0 Å². The second-order valence-electron chi connectivity index (χ2n) is 5.42. The zero-order valence-corrected chi connectivity index (χ0v) is 14.0. The van der Waals surface area contributed by atoms with E-state index in [2.05, 4.69) is 13.2 Å². The minimum absolute atomic E-state index is 0.0413. The lowest BCUT2D eigenvalue weighted by atomic mass is 10.1. The van der Waals surface area contributed by atoms with Gasteiger partial charge in [-0.2, -0.15) is 0 Å². The average Bonchev–Trinajstić information content (AvgIpc) is 3.07. The van der Waals surface area contributed by atoms with Crippen LogP contribution in [0, 0.1) is 0 Å². The zero-order valence-electron chi connectivity index (χ0n) is 13.1. The third-order valence-corrected chi connectivity index (χ3v) is 7.12. The van der Waals surface area contributed by atoms with Crippen molar-refractivity contribution in [3.05, 3.63) is 85.4 Å². The first-order chi connectivity index (χ1) is 11.1. The molecule has 23 heavy (non-hydrogen) atoms. The van der Waals surface area contributed by atoms with Gasteiger partial charge < -0.3 is 8.98 Å². The van der Waals surface area contributed by atoms with E-state index in [1.807, 2.05) is 18.2 Å². The Kier molecular flexibility index (Phi) is 5.95. The van der Waals surface area contributed by atoms with Gasteiger partial charge in [0.2, 0.25) is 0 Å². The van der Waals surface area contributed by atoms with Crippen LogP contribution in [0.3, 0.4) is 0 Å². The number of carbonyl (C=O) groups excluding carboxylic acids is 1. The number of allylic oxidation sites excluding steroid dienone is 2. The number of furan rings is 1. The van der Waals surface area contributed by atoms with E-state index in [0.717, 1.165) is 0 Å². The quantitative estimate of drug-likeness (QED) is 0.355. The summed E-state index contributed by atoms with van der Waals surface area (Å²) in [7, 11) is -2.74. The van der Waals surface area contributed by atoms with Crippen molar-refractivity contribution >= 4 is 12.9 Å². The van der Waals surface area contributed by atoms with Gasteiger partial charge in [-0.05, 0) is 12.1 Å². The van der Waals surface area contributed by atoms with Crippen LogP contribution < -0.4 is 0 Å². The molecule has 0 radical (unpaired) electrons. The van der Waals surface area contributed by atoms with Crippen LogP contribution in [0.1, 0.15) is 28.2 Å². The molecule has 1 aromatic heterocycles. The molecule has 0 bridgehead atoms. The molecular formula is C19H21O3P. The van der Waals surface area contributed by atoms with Gasteiger partial charge in [-0.1, -0.05) is 42.5 Å². The molecule has 0 fully saturated rings. The van der Waals surface area contributed by atoms with Crippen LogP contribution in [-0.2, 0) is 4.57 Å². The number of ketones is 1. The fourth-order valence-corrected chi connectivity index (χ4v) is 5.30. The summed E-state index contributed by atoms with van der Waals surface area (Å²) in [5.74, 6) is 0.543. The maximum absolute atomic E-state index is 13.4. The van der Waals surface area contributed by atoms with E-state index in [1.165, 1.54) is 0 Å².